The molecule has 0 saturated heterocycles. The molecule has 7 heteroatoms. The van der Waals surface area contributed by atoms with Crippen molar-refractivity contribution in [1.82, 2.24) is 4.98 Å². The Morgan fingerprint density at radius 3 is 2.36 bits per heavy atom. The molecule has 0 fully saturated rings. The van der Waals surface area contributed by atoms with Gasteiger partial charge in [-0.3, -0.25) is 14.6 Å². The first-order chi connectivity index (χ1) is 13.5. The molecular formula is C21H18ClN3O3. The molecule has 0 atom stereocenters. The van der Waals surface area contributed by atoms with Crippen molar-refractivity contribution in [2.75, 3.05) is 17.7 Å². The summed E-state index contributed by atoms with van der Waals surface area (Å²) in [5.74, 6) is -0.135. The van der Waals surface area contributed by atoms with Crippen molar-refractivity contribution < 1.29 is 14.3 Å². The van der Waals surface area contributed by atoms with Crippen molar-refractivity contribution in [3.8, 4) is 5.75 Å². The second kappa shape index (κ2) is 8.54. The van der Waals surface area contributed by atoms with Crippen LogP contribution in [0.2, 0.25) is 5.02 Å². The molecule has 3 aromatic rings. The second-order valence-electron chi connectivity index (χ2n) is 6.01. The molecule has 1 heterocycles. The maximum Gasteiger partial charge on any atom is 0.257 e. The molecule has 0 aliphatic rings. The average molecular weight is 396 g/mol. The zero-order valence-corrected chi connectivity index (χ0v) is 16.1. The van der Waals surface area contributed by atoms with E-state index in [1.165, 1.54) is 18.5 Å². The number of ether oxygens (including phenoxy) is 1. The Bertz CT molecular complexity index is 1040. The van der Waals surface area contributed by atoms with E-state index in [-0.39, 0.29) is 22.9 Å². The van der Waals surface area contributed by atoms with Crippen molar-refractivity contribution in [3.05, 3.63) is 82.6 Å². The Morgan fingerprint density at radius 2 is 1.64 bits per heavy atom. The van der Waals surface area contributed by atoms with E-state index in [2.05, 4.69) is 15.6 Å². The van der Waals surface area contributed by atoms with Crippen LogP contribution in [0.1, 0.15) is 26.3 Å². The number of nitrogens with zero attached hydrogens (tertiary/aromatic N) is 1. The number of carbonyl (C=O) groups excluding carboxylic acids is 2. The molecule has 2 N–H and O–H groups in total. The van der Waals surface area contributed by atoms with Crippen LogP contribution in [0.4, 0.5) is 11.4 Å². The van der Waals surface area contributed by atoms with Crippen LogP contribution in [0.25, 0.3) is 0 Å². The quantitative estimate of drug-likeness (QED) is 0.663. The van der Waals surface area contributed by atoms with Crippen LogP contribution in [0.3, 0.4) is 0 Å². The van der Waals surface area contributed by atoms with Crippen molar-refractivity contribution in [1.29, 1.82) is 0 Å². The number of hydrogen-bond donors (Lipinski definition) is 2. The SMILES string of the molecule is COc1cccc(NC(=O)c2cncc(C(=O)Nc3cccc(Cl)c3C)c2)c1. The van der Waals surface area contributed by atoms with E-state index in [0.717, 1.165) is 5.56 Å². The van der Waals surface area contributed by atoms with Crippen molar-refractivity contribution >= 4 is 34.8 Å². The molecule has 0 radical (unpaired) electrons. The number of halogens is 1. The average Bonchev–Trinajstić information content (AvgIpc) is 2.71. The van der Waals surface area contributed by atoms with E-state index in [1.54, 1.807) is 49.6 Å². The van der Waals surface area contributed by atoms with Gasteiger partial charge in [-0.2, -0.15) is 0 Å². The van der Waals surface area contributed by atoms with Gasteiger partial charge in [-0.25, -0.2) is 0 Å². The third kappa shape index (κ3) is 4.47. The number of rotatable bonds is 5. The van der Waals surface area contributed by atoms with Gasteiger partial charge in [0.1, 0.15) is 5.75 Å². The lowest BCUT2D eigenvalue weighted by atomic mass is 10.1. The zero-order valence-electron chi connectivity index (χ0n) is 15.3. The second-order valence-corrected chi connectivity index (χ2v) is 6.42. The highest BCUT2D eigenvalue weighted by molar-refractivity contribution is 6.31. The fourth-order valence-corrected chi connectivity index (χ4v) is 2.70. The number of benzene rings is 2. The lowest BCUT2D eigenvalue weighted by molar-refractivity contribution is 0.102. The Kier molecular flexibility index (Phi) is 5.91. The molecule has 6 nitrogen and oxygen atoms in total. The first-order valence-electron chi connectivity index (χ1n) is 8.45. The van der Waals surface area contributed by atoms with Gasteiger partial charge in [0, 0.05) is 34.9 Å². The summed E-state index contributed by atoms with van der Waals surface area (Å²) >= 11 is 6.08. The summed E-state index contributed by atoms with van der Waals surface area (Å²) in [5, 5.41) is 6.10. The Labute approximate surface area is 167 Å². The number of hydrogen-bond acceptors (Lipinski definition) is 4. The van der Waals surface area contributed by atoms with Gasteiger partial charge in [0.25, 0.3) is 11.8 Å². The number of amides is 2. The summed E-state index contributed by atoms with van der Waals surface area (Å²) in [6, 6.07) is 13.7. The Hall–Kier alpha value is -3.38. The van der Waals surface area contributed by atoms with Crippen molar-refractivity contribution in [3.63, 3.8) is 0 Å². The first kappa shape index (κ1) is 19.4. The van der Waals surface area contributed by atoms with Gasteiger partial charge in [0.2, 0.25) is 0 Å². The topological polar surface area (TPSA) is 80.3 Å². The number of methoxy groups -OCH3 is 1. The molecule has 0 bridgehead atoms. The van der Waals surface area contributed by atoms with Crippen LogP contribution in [-0.4, -0.2) is 23.9 Å². The van der Waals surface area contributed by atoms with Gasteiger partial charge in [0.05, 0.1) is 18.2 Å². The fourth-order valence-electron chi connectivity index (χ4n) is 2.53. The molecule has 0 unspecified atom stereocenters. The van der Waals surface area contributed by atoms with Gasteiger partial charge >= 0.3 is 0 Å². The van der Waals surface area contributed by atoms with E-state index in [9.17, 15) is 9.59 Å². The lowest BCUT2D eigenvalue weighted by Gasteiger charge is -2.10. The summed E-state index contributed by atoms with van der Waals surface area (Å²) in [6.45, 7) is 1.81. The molecular weight excluding hydrogens is 378 g/mol. The van der Waals surface area contributed by atoms with Gasteiger partial charge in [0.15, 0.2) is 0 Å². The summed E-state index contributed by atoms with van der Waals surface area (Å²) < 4.78 is 5.14. The van der Waals surface area contributed by atoms with Gasteiger partial charge < -0.3 is 15.4 Å². The smallest absolute Gasteiger partial charge is 0.257 e. The van der Waals surface area contributed by atoms with E-state index >= 15 is 0 Å². The van der Waals surface area contributed by atoms with Crippen LogP contribution >= 0.6 is 11.6 Å². The first-order valence-corrected chi connectivity index (χ1v) is 8.82. The van der Waals surface area contributed by atoms with Crippen LogP contribution in [0.15, 0.2) is 60.9 Å². The molecule has 0 aliphatic carbocycles. The maximum absolute atomic E-state index is 12.6. The van der Waals surface area contributed by atoms with E-state index < -0.39 is 0 Å². The molecule has 3 rings (SSSR count). The van der Waals surface area contributed by atoms with Gasteiger partial charge in [-0.05, 0) is 42.8 Å². The van der Waals surface area contributed by atoms with Crippen LogP contribution < -0.4 is 15.4 Å². The van der Waals surface area contributed by atoms with Crippen molar-refractivity contribution in [2.45, 2.75) is 6.92 Å². The number of carbonyl (C=O) groups is 2. The number of nitrogens with one attached hydrogen (secondary N) is 2. The molecule has 142 valence electrons. The molecule has 2 aromatic carbocycles. The van der Waals surface area contributed by atoms with Crippen LogP contribution in [0, 0.1) is 6.92 Å². The lowest BCUT2D eigenvalue weighted by Crippen LogP contribution is -2.16. The monoisotopic (exact) mass is 395 g/mol. The van der Waals surface area contributed by atoms with E-state index in [4.69, 9.17) is 16.3 Å². The third-order valence-corrected chi connectivity index (χ3v) is 4.52. The van der Waals surface area contributed by atoms with Gasteiger partial charge in [-0.15, -0.1) is 0 Å². The van der Waals surface area contributed by atoms with Crippen molar-refractivity contribution in [2.24, 2.45) is 0 Å². The minimum absolute atomic E-state index is 0.262. The highest BCUT2D eigenvalue weighted by atomic mass is 35.5. The minimum Gasteiger partial charge on any atom is -0.497 e. The third-order valence-electron chi connectivity index (χ3n) is 4.11. The van der Waals surface area contributed by atoms with Crippen LogP contribution in [-0.2, 0) is 0 Å². The van der Waals surface area contributed by atoms with Crippen LogP contribution in [0.5, 0.6) is 5.75 Å². The summed E-state index contributed by atoms with van der Waals surface area (Å²) in [6.07, 6.45) is 2.80. The molecule has 0 spiro atoms. The predicted octanol–water partition coefficient (Wildman–Crippen LogP) is 4.56. The highest BCUT2D eigenvalue weighted by Gasteiger charge is 2.13. The minimum atomic E-state index is -0.381. The molecule has 1 aromatic heterocycles. The zero-order chi connectivity index (χ0) is 20.1. The fraction of sp³-hybridized carbons (Fsp3) is 0.0952. The largest absolute Gasteiger partial charge is 0.497 e. The summed E-state index contributed by atoms with van der Waals surface area (Å²) in [5.41, 5.74) is 2.46. The molecule has 0 aliphatic heterocycles. The standard InChI is InChI=1S/C21H18ClN3O3/c1-13-18(22)7-4-8-19(13)25-21(27)15-9-14(11-23-12-15)20(26)24-16-5-3-6-17(10-16)28-2/h3-12H,1-2H3,(H,24,26)(H,25,27). The number of anilines is 2. The summed E-state index contributed by atoms with van der Waals surface area (Å²) in [7, 11) is 1.55. The Balaban J connectivity index is 1.76. The molecule has 0 saturated carbocycles. The molecule has 28 heavy (non-hydrogen) atoms. The number of pyridine rings is 1. The maximum atomic E-state index is 12.6. The van der Waals surface area contributed by atoms with Gasteiger partial charge in [-0.1, -0.05) is 23.7 Å². The number of aromatic nitrogens is 1. The normalized spacial score (nSPS) is 10.2. The highest BCUT2D eigenvalue weighted by Crippen LogP contribution is 2.23. The van der Waals surface area contributed by atoms with E-state index in [1.807, 2.05) is 6.92 Å². The predicted molar refractivity (Wildman–Crippen MR) is 109 cm³/mol. The molecule has 2 amide bonds. The van der Waals surface area contributed by atoms with E-state index in [0.29, 0.717) is 22.1 Å². The summed E-state index contributed by atoms with van der Waals surface area (Å²) in [4.78, 5) is 29.1. The Morgan fingerprint density at radius 1 is 0.964 bits per heavy atom.